The molecule has 0 bridgehead atoms. The Morgan fingerprint density at radius 1 is 0.909 bits per heavy atom. The summed E-state index contributed by atoms with van der Waals surface area (Å²) in [6.07, 6.45) is 0. The number of hydrogen-bond acceptors (Lipinski definition) is 4. The van der Waals surface area contributed by atoms with E-state index in [1.807, 2.05) is 29.9 Å². The largest absolute Gasteiger partial charge is 0.497 e. The normalized spacial score (nSPS) is 11.5. The first-order valence-corrected chi connectivity index (χ1v) is 11.6. The average Bonchev–Trinajstić information content (AvgIpc) is 3.34. The van der Waals surface area contributed by atoms with Crippen molar-refractivity contribution in [3.63, 3.8) is 0 Å². The first-order chi connectivity index (χ1) is 16.0. The van der Waals surface area contributed by atoms with Gasteiger partial charge in [-0.1, -0.05) is 26.0 Å². The molecule has 0 aliphatic carbocycles. The second-order valence-corrected chi connectivity index (χ2v) is 8.27. The van der Waals surface area contributed by atoms with E-state index >= 15 is 0 Å². The van der Waals surface area contributed by atoms with Crippen LogP contribution in [0.15, 0.2) is 48.5 Å². The van der Waals surface area contributed by atoms with Crippen LogP contribution in [0.3, 0.4) is 0 Å². The molecule has 33 heavy (non-hydrogen) atoms. The number of benzene rings is 2. The molecule has 2 aromatic heterocycles. The molecule has 0 radical (unpaired) electrons. The Balaban J connectivity index is 2.02. The summed E-state index contributed by atoms with van der Waals surface area (Å²) < 4.78 is 15.4. The van der Waals surface area contributed by atoms with Crippen LogP contribution in [-0.2, 0) is 13.6 Å². The van der Waals surface area contributed by atoms with Crippen molar-refractivity contribution < 1.29 is 9.47 Å². The number of rotatable bonds is 9. The minimum atomic E-state index is 0.846. The van der Waals surface area contributed by atoms with Crippen molar-refractivity contribution in [2.45, 2.75) is 27.3 Å². The standard InChI is InChI=1S/C27H34N4O2/c1-7-30(8-2)16-17-31-26(20-12-14-22(32-5)15-13-20)25(21-10-9-11-23(18-21)33-6)24-19(3)28-29(4)27(24)31/h9-15,18H,7-8,16-17H2,1-6H3. The maximum Gasteiger partial charge on any atom is 0.139 e. The second kappa shape index (κ2) is 9.71. The molecule has 0 saturated carbocycles. The monoisotopic (exact) mass is 446 g/mol. The highest BCUT2D eigenvalue weighted by molar-refractivity contribution is 6.05. The smallest absolute Gasteiger partial charge is 0.139 e. The fourth-order valence-corrected chi connectivity index (χ4v) is 4.72. The SMILES string of the molecule is CCN(CC)CCn1c(-c2ccc(OC)cc2)c(-c2cccc(OC)c2)c2c(C)nn(C)c21. The van der Waals surface area contributed by atoms with Crippen molar-refractivity contribution in [1.29, 1.82) is 0 Å². The molecule has 4 aromatic rings. The third-order valence-electron chi connectivity index (χ3n) is 6.46. The van der Waals surface area contributed by atoms with Gasteiger partial charge in [-0.2, -0.15) is 5.10 Å². The lowest BCUT2D eigenvalue weighted by atomic mass is 9.98. The predicted octanol–water partition coefficient (Wildman–Crippen LogP) is 5.38. The van der Waals surface area contributed by atoms with Gasteiger partial charge in [0, 0.05) is 25.7 Å². The van der Waals surface area contributed by atoms with Gasteiger partial charge in [0.05, 0.1) is 31.0 Å². The van der Waals surface area contributed by atoms with E-state index in [2.05, 4.69) is 60.6 Å². The molecule has 0 saturated heterocycles. The molecular formula is C27H34N4O2. The van der Waals surface area contributed by atoms with E-state index in [1.165, 1.54) is 16.6 Å². The van der Waals surface area contributed by atoms with E-state index in [0.29, 0.717) is 0 Å². The van der Waals surface area contributed by atoms with Crippen LogP contribution in [0.4, 0.5) is 0 Å². The summed E-state index contributed by atoms with van der Waals surface area (Å²) in [5.74, 6) is 1.70. The number of hydrogen-bond donors (Lipinski definition) is 0. The number of nitrogens with zero attached hydrogens (tertiary/aromatic N) is 4. The van der Waals surface area contributed by atoms with Crippen LogP contribution in [0.2, 0.25) is 0 Å². The van der Waals surface area contributed by atoms with Crippen LogP contribution in [-0.4, -0.2) is 53.1 Å². The van der Waals surface area contributed by atoms with Gasteiger partial charge in [0.25, 0.3) is 0 Å². The van der Waals surface area contributed by atoms with Crippen molar-refractivity contribution >= 4 is 11.0 Å². The highest BCUT2D eigenvalue weighted by Gasteiger charge is 2.25. The van der Waals surface area contributed by atoms with E-state index in [1.54, 1.807) is 14.2 Å². The van der Waals surface area contributed by atoms with E-state index in [-0.39, 0.29) is 0 Å². The third kappa shape index (κ3) is 4.23. The van der Waals surface area contributed by atoms with E-state index < -0.39 is 0 Å². The van der Waals surface area contributed by atoms with Crippen LogP contribution in [0, 0.1) is 6.92 Å². The Morgan fingerprint density at radius 3 is 2.24 bits per heavy atom. The van der Waals surface area contributed by atoms with Gasteiger partial charge in [0.2, 0.25) is 0 Å². The van der Waals surface area contributed by atoms with Gasteiger partial charge in [-0.25, -0.2) is 0 Å². The summed E-state index contributed by atoms with van der Waals surface area (Å²) in [5, 5.41) is 5.99. The Kier molecular flexibility index (Phi) is 6.75. The first kappa shape index (κ1) is 22.9. The van der Waals surface area contributed by atoms with Crippen molar-refractivity contribution in [2.24, 2.45) is 7.05 Å². The lowest BCUT2D eigenvalue weighted by molar-refractivity contribution is 0.292. The minimum absolute atomic E-state index is 0.846. The van der Waals surface area contributed by atoms with Crippen molar-refractivity contribution in [3.05, 3.63) is 54.2 Å². The van der Waals surface area contributed by atoms with Gasteiger partial charge in [-0.15, -0.1) is 0 Å². The lowest BCUT2D eigenvalue weighted by Crippen LogP contribution is -2.27. The maximum atomic E-state index is 5.56. The Labute approximate surface area is 196 Å². The molecule has 2 heterocycles. The number of aromatic nitrogens is 3. The molecule has 0 fully saturated rings. The number of likely N-dealkylation sites (N-methyl/N-ethyl adjacent to an activating group) is 1. The lowest BCUT2D eigenvalue weighted by Gasteiger charge is -2.20. The first-order valence-electron chi connectivity index (χ1n) is 11.6. The predicted molar refractivity (Wildman–Crippen MR) is 135 cm³/mol. The zero-order valence-corrected chi connectivity index (χ0v) is 20.6. The van der Waals surface area contributed by atoms with E-state index in [9.17, 15) is 0 Å². The van der Waals surface area contributed by atoms with Gasteiger partial charge in [-0.05, 0) is 67.5 Å². The average molecular weight is 447 g/mol. The van der Waals surface area contributed by atoms with Crippen LogP contribution in [0.25, 0.3) is 33.4 Å². The van der Waals surface area contributed by atoms with Crippen molar-refractivity contribution in [3.8, 4) is 33.9 Å². The molecule has 0 atom stereocenters. The minimum Gasteiger partial charge on any atom is -0.497 e. The fourth-order valence-electron chi connectivity index (χ4n) is 4.72. The molecule has 2 aromatic carbocycles. The molecule has 174 valence electrons. The Bertz CT molecular complexity index is 1230. The highest BCUT2D eigenvalue weighted by Crippen LogP contribution is 2.43. The van der Waals surface area contributed by atoms with E-state index in [4.69, 9.17) is 14.6 Å². The van der Waals surface area contributed by atoms with Gasteiger partial charge in [0.15, 0.2) is 0 Å². The molecule has 0 aliphatic heterocycles. The van der Waals surface area contributed by atoms with Crippen LogP contribution in [0.5, 0.6) is 11.5 Å². The van der Waals surface area contributed by atoms with Gasteiger partial charge in [-0.3, -0.25) is 4.68 Å². The summed E-state index contributed by atoms with van der Waals surface area (Å²) >= 11 is 0. The topological polar surface area (TPSA) is 44.4 Å². The number of methoxy groups -OCH3 is 2. The summed E-state index contributed by atoms with van der Waals surface area (Å²) in [4.78, 5) is 2.46. The molecule has 0 unspecified atom stereocenters. The molecule has 0 spiro atoms. The van der Waals surface area contributed by atoms with Crippen LogP contribution < -0.4 is 9.47 Å². The highest BCUT2D eigenvalue weighted by atomic mass is 16.5. The number of fused-ring (bicyclic) bond motifs is 1. The maximum absolute atomic E-state index is 5.56. The summed E-state index contributed by atoms with van der Waals surface area (Å²) in [6.45, 7) is 10.4. The van der Waals surface area contributed by atoms with E-state index in [0.717, 1.165) is 60.1 Å². The number of ether oxygens (including phenoxy) is 2. The van der Waals surface area contributed by atoms with Gasteiger partial charge >= 0.3 is 0 Å². The molecule has 0 amide bonds. The fraction of sp³-hybridized carbons (Fsp3) is 0.370. The quantitative estimate of drug-likeness (QED) is 0.346. The summed E-state index contributed by atoms with van der Waals surface area (Å²) in [5.41, 5.74) is 6.85. The molecule has 0 aliphatic rings. The third-order valence-corrected chi connectivity index (χ3v) is 6.46. The van der Waals surface area contributed by atoms with Crippen molar-refractivity contribution in [1.82, 2.24) is 19.2 Å². The van der Waals surface area contributed by atoms with Crippen LogP contribution >= 0.6 is 0 Å². The van der Waals surface area contributed by atoms with Crippen LogP contribution in [0.1, 0.15) is 19.5 Å². The zero-order chi connectivity index (χ0) is 23.5. The molecule has 6 heteroatoms. The van der Waals surface area contributed by atoms with Gasteiger partial charge in [0.1, 0.15) is 17.1 Å². The van der Waals surface area contributed by atoms with Gasteiger partial charge < -0.3 is 18.9 Å². The summed E-state index contributed by atoms with van der Waals surface area (Å²) in [7, 11) is 5.45. The molecular weight excluding hydrogens is 412 g/mol. The molecule has 6 nitrogen and oxygen atoms in total. The number of aryl methyl sites for hydroxylation is 2. The zero-order valence-electron chi connectivity index (χ0n) is 20.6. The van der Waals surface area contributed by atoms with Crippen molar-refractivity contribution in [2.75, 3.05) is 33.9 Å². The molecule has 0 N–H and O–H groups in total. The second-order valence-electron chi connectivity index (χ2n) is 8.27. The molecule has 4 rings (SSSR count). The Hall–Kier alpha value is -3.25. The Morgan fingerprint density at radius 2 is 1.61 bits per heavy atom. The summed E-state index contributed by atoms with van der Waals surface area (Å²) in [6, 6.07) is 16.7.